The van der Waals surface area contributed by atoms with Gasteiger partial charge in [0.2, 0.25) is 5.91 Å². The Kier molecular flexibility index (Phi) is 6.37. The first kappa shape index (κ1) is 17.7. The summed E-state index contributed by atoms with van der Waals surface area (Å²) in [5.41, 5.74) is 3.44. The van der Waals surface area contributed by atoms with Gasteiger partial charge >= 0.3 is 0 Å². The summed E-state index contributed by atoms with van der Waals surface area (Å²) in [7, 11) is 0. The smallest absolute Gasteiger partial charge is 0.220 e. The first-order valence-corrected chi connectivity index (χ1v) is 8.90. The van der Waals surface area contributed by atoms with Crippen LogP contribution >= 0.6 is 0 Å². The largest absolute Gasteiger partial charge is 0.354 e. The van der Waals surface area contributed by atoms with Gasteiger partial charge < -0.3 is 5.32 Å². The van der Waals surface area contributed by atoms with E-state index in [2.05, 4.69) is 25.2 Å². The molecule has 0 bridgehead atoms. The summed E-state index contributed by atoms with van der Waals surface area (Å²) in [6.07, 6.45) is 6.05. The number of amides is 1. The zero-order valence-corrected chi connectivity index (χ0v) is 14.7. The van der Waals surface area contributed by atoms with Gasteiger partial charge in [-0.1, -0.05) is 26.0 Å². The van der Waals surface area contributed by atoms with Crippen molar-refractivity contribution in [3.63, 3.8) is 0 Å². The molecule has 0 spiro atoms. The summed E-state index contributed by atoms with van der Waals surface area (Å²) in [4.78, 5) is 24.2. The summed E-state index contributed by atoms with van der Waals surface area (Å²) in [5, 5.41) is 2.99. The lowest BCUT2D eigenvalue weighted by atomic mass is 10.0. The topological polar surface area (TPSA) is 46.2 Å². The number of Topliss-reactive ketones (excluding diaryl/α,β-unsaturated/α-hetero) is 1. The molecule has 0 saturated carbocycles. The number of fused-ring (bicyclic) bond motifs is 1. The zero-order chi connectivity index (χ0) is 16.8. The molecule has 1 aromatic carbocycles. The Hall–Kier alpha value is -1.64. The molecule has 3 nitrogen and oxygen atoms in total. The lowest BCUT2D eigenvalue weighted by Crippen LogP contribution is -2.32. The van der Waals surface area contributed by atoms with Gasteiger partial charge in [-0.15, -0.1) is 0 Å². The van der Waals surface area contributed by atoms with Gasteiger partial charge in [0.15, 0.2) is 5.78 Å². The molecule has 1 atom stereocenters. The van der Waals surface area contributed by atoms with E-state index in [-0.39, 0.29) is 24.2 Å². The van der Waals surface area contributed by atoms with E-state index in [0.717, 1.165) is 31.2 Å². The van der Waals surface area contributed by atoms with Crippen LogP contribution in [0.4, 0.5) is 0 Å². The highest BCUT2D eigenvalue weighted by Gasteiger charge is 2.15. The van der Waals surface area contributed by atoms with E-state index in [1.54, 1.807) is 0 Å². The van der Waals surface area contributed by atoms with Crippen molar-refractivity contribution in [2.45, 2.75) is 71.8 Å². The van der Waals surface area contributed by atoms with Gasteiger partial charge in [-0.2, -0.15) is 0 Å². The number of hydrogen-bond acceptors (Lipinski definition) is 2. The summed E-state index contributed by atoms with van der Waals surface area (Å²) in [6, 6.07) is 6.19. The maximum absolute atomic E-state index is 12.3. The Morgan fingerprint density at radius 3 is 2.52 bits per heavy atom. The molecule has 126 valence electrons. The van der Waals surface area contributed by atoms with Crippen LogP contribution in [0.2, 0.25) is 0 Å². The summed E-state index contributed by atoms with van der Waals surface area (Å²) < 4.78 is 0. The van der Waals surface area contributed by atoms with Crippen molar-refractivity contribution in [1.29, 1.82) is 0 Å². The number of rotatable bonds is 8. The second-order valence-electron chi connectivity index (χ2n) is 7.20. The molecule has 1 aromatic rings. The van der Waals surface area contributed by atoms with Crippen molar-refractivity contribution in [2.24, 2.45) is 5.92 Å². The van der Waals surface area contributed by atoms with E-state index in [4.69, 9.17) is 0 Å². The van der Waals surface area contributed by atoms with Crippen LogP contribution < -0.4 is 5.32 Å². The van der Waals surface area contributed by atoms with Gasteiger partial charge in [-0.3, -0.25) is 9.59 Å². The fourth-order valence-corrected chi connectivity index (χ4v) is 3.12. The molecule has 2 rings (SSSR count). The number of benzene rings is 1. The Morgan fingerprint density at radius 1 is 1.04 bits per heavy atom. The second-order valence-corrected chi connectivity index (χ2v) is 7.20. The van der Waals surface area contributed by atoms with Gasteiger partial charge in [0.05, 0.1) is 0 Å². The van der Waals surface area contributed by atoms with E-state index < -0.39 is 0 Å². The highest BCUT2D eigenvalue weighted by molar-refractivity contribution is 5.98. The van der Waals surface area contributed by atoms with E-state index in [1.165, 1.54) is 17.5 Å². The minimum atomic E-state index is -0.0178. The molecule has 0 fully saturated rings. The third-order valence-corrected chi connectivity index (χ3v) is 4.58. The van der Waals surface area contributed by atoms with Crippen LogP contribution in [-0.4, -0.2) is 17.7 Å². The zero-order valence-electron chi connectivity index (χ0n) is 14.7. The maximum atomic E-state index is 12.3. The Morgan fingerprint density at radius 2 is 1.78 bits per heavy atom. The van der Waals surface area contributed by atoms with Crippen LogP contribution in [0.5, 0.6) is 0 Å². The molecular weight excluding hydrogens is 286 g/mol. The average molecular weight is 315 g/mol. The predicted molar refractivity (Wildman–Crippen MR) is 93.7 cm³/mol. The van der Waals surface area contributed by atoms with E-state index in [0.29, 0.717) is 12.3 Å². The molecule has 1 aliphatic carbocycles. The number of aryl methyl sites for hydroxylation is 2. The molecule has 0 aliphatic heterocycles. The van der Waals surface area contributed by atoms with Crippen molar-refractivity contribution < 1.29 is 9.59 Å². The predicted octanol–water partition coefficient (Wildman–Crippen LogP) is 4.08. The van der Waals surface area contributed by atoms with Gasteiger partial charge in [-0.25, -0.2) is 0 Å². The van der Waals surface area contributed by atoms with E-state index in [9.17, 15) is 9.59 Å². The van der Waals surface area contributed by atoms with Crippen LogP contribution in [0.3, 0.4) is 0 Å². The minimum Gasteiger partial charge on any atom is -0.354 e. The average Bonchev–Trinajstić information content (AvgIpc) is 2.98. The Bertz CT molecular complexity index is 563. The molecule has 1 aliphatic rings. The number of ketones is 1. The molecule has 1 amide bonds. The number of carbonyl (C=O) groups is 2. The standard InChI is InChI=1S/C20H29NO2/c1-14(2)7-8-15(3)21-20(23)12-11-19(22)18-10-9-16-5-4-6-17(16)13-18/h9-10,13-15H,4-8,11-12H2,1-3H3,(H,21,23). The van der Waals surface area contributed by atoms with Crippen LogP contribution in [0, 0.1) is 5.92 Å². The van der Waals surface area contributed by atoms with Crippen LogP contribution in [0.15, 0.2) is 18.2 Å². The van der Waals surface area contributed by atoms with Gasteiger partial charge in [0.1, 0.15) is 0 Å². The van der Waals surface area contributed by atoms with Crippen molar-refractivity contribution >= 4 is 11.7 Å². The Balaban J connectivity index is 1.76. The first-order chi connectivity index (χ1) is 11.0. The van der Waals surface area contributed by atoms with Crippen molar-refractivity contribution in [1.82, 2.24) is 5.32 Å². The lowest BCUT2D eigenvalue weighted by molar-refractivity contribution is -0.121. The summed E-state index contributed by atoms with van der Waals surface area (Å²) in [5.74, 6) is 0.705. The maximum Gasteiger partial charge on any atom is 0.220 e. The third kappa shape index (κ3) is 5.49. The molecule has 23 heavy (non-hydrogen) atoms. The number of carbonyl (C=O) groups excluding carboxylic acids is 2. The molecule has 0 aromatic heterocycles. The van der Waals surface area contributed by atoms with E-state index >= 15 is 0 Å². The van der Waals surface area contributed by atoms with Gasteiger partial charge in [-0.05, 0) is 62.1 Å². The summed E-state index contributed by atoms with van der Waals surface area (Å²) >= 11 is 0. The molecule has 3 heteroatoms. The second kappa shape index (κ2) is 8.28. The van der Waals surface area contributed by atoms with Crippen LogP contribution in [0.25, 0.3) is 0 Å². The van der Waals surface area contributed by atoms with Crippen molar-refractivity contribution in [3.05, 3.63) is 34.9 Å². The quantitative estimate of drug-likeness (QED) is 0.735. The fourth-order valence-electron chi connectivity index (χ4n) is 3.12. The number of nitrogens with one attached hydrogen (secondary N) is 1. The SMILES string of the molecule is CC(C)CCC(C)NC(=O)CCC(=O)c1ccc2c(c1)CCC2. The Labute approximate surface area is 139 Å². The molecular formula is C20H29NO2. The third-order valence-electron chi connectivity index (χ3n) is 4.58. The van der Waals surface area contributed by atoms with E-state index in [1.807, 2.05) is 19.1 Å². The lowest BCUT2D eigenvalue weighted by Gasteiger charge is -2.15. The molecule has 0 saturated heterocycles. The van der Waals surface area contributed by atoms with Crippen LogP contribution in [-0.2, 0) is 17.6 Å². The normalized spacial score (nSPS) is 14.6. The molecule has 0 heterocycles. The molecule has 1 unspecified atom stereocenters. The highest BCUT2D eigenvalue weighted by atomic mass is 16.2. The van der Waals surface area contributed by atoms with Gasteiger partial charge in [0, 0.05) is 24.4 Å². The fraction of sp³-hybridized carbons (Fsp3) is 0.600. The molecule has 0 radical (unpaired) electrons. The first-order valence-electron chi connectivity index (χ1n) is 8.90. The number of hydrogen-bond donors (Lipinski definition) is 1. The van der Waals surface area contributed by atoms with Crippen molar-refractivity contribution in [2.75, 3.05) is 0 Å². The van der Waals surface area contributed by atoms with Crippen LogP contribution in [0.1, 0.15) is 74.4 Å². The monoisotopic (exact) mass is 315 g/mol. The minimum absolute atomic E-state index is 0.0178. The van der Waals surface area contributed by atoms with Crippen molar-refractivity contribution in [3.8, 4) is 0 Å². The molecule has 1 N–H and O–H groups in total. The van der Waals surface area contributed by atoms with Gasteiger partial charge in [0.25, 0.3) is 0 Å². The highest BCUT2D eigenvalue weighted by Crippen LogP contribution is 2.23. The summed E-state index contributed by atoms with van der Waals surface area (Å²) in [6.45, 7) is 6.40.